The Bertz CT molecular complexity index is 823. The molecule has 2 saturated heterocycles. The maximum absolute atomic E-state index is 5.51. The number of hydrogen-bond donors (Lipinski definition) is 1. The van der Waals surface area contributed by atoms with Crippen molar-refractivity contribution in [1.82, 2.24) is 15.1 Å². The summed E-state index contributed by atoms with van der Waals surface area (Å²) in [7, 11) is 1.68. The minimum Gasteiger partial charge on any atom is -0.496 e. The van der Waals surface area contributed by atoms with E-state index in [0.29, 0.717) is 6.04 Å². The van der Waals surface area contributed by atoms with E-state index >= 15 is 0 Å². The molecule has 1 aromatic carbocycles. The van der Waals surface area contributed by atoms with Crippen LogP contribution in [0.3, 0.4) is 0 Å². The molecule has 1 aliphatic carbocycles. The molecule has 3 fully saturated rings. The van der Waals surface area contributed by atoms with Crippen LogP contribution in [-0.2, 0) is 4.74 Å². The third-order valence-electron chi connectivity index (χ3n) is 7.08. The number of ether oxygens (including phenoxy) is 2. The Morgan fingerprint density at radius 1 is 1.03 bits per heavy atom. The first-order valence-electron chi connectivity index (χ1n) is 11.3. The largest absolute Gasteiger partial charge is 0.496 e. The zero-order valence-electron chi connectivity index (χ0n) is 17.8. The van der Waals surface area contributed by atoms with Crippen LogP contribution in [0.15, 0.2) is 36.4 Å². The van der Waals surface area contributed by atoms with Gasteiger partial charge in [-0.15, -0.1) is 10.2 Å². The fourth-order valence-corrected chi connectivity index (χ4v) is 5.58. The normalized spacial score (nSPS) is 27.2. The molecule has 1 aromatic heterocycles. The van der Waals surface area contributed by atoms with Crippen LogP contribution in [0, 0.1) is 17.8 Å². The molecule has 3 atom stereocenters. The van der Waals surface area contributed by atoms with Crippen molar-refractivity contribution in [1.29, 1.82) is 0 Å². The highest BCUT2D eigenvalue weighted by atomic mass is 16.5. The summed E-state index contributed by atoms with van der Waals surface area (Å²) >= 11 is 0. The van der Waals surface area contributed by atoms with E-state index in [-0.39, 0.29) is 0 Å². The topological polar surface area (TPSA) is 59.5 Å². The summed E-state index contributed by atoms with van der Waals surface area (Å²) in [4.78, 5) is 2.71. The van der Waals surface area contributed by atoms with Crippen LogP contribution in [0.1, 0.15) is 25.7 Å². The van der Waals surface area contributed by atoms with E-state index in [1.54, 1.807) is 7.11 Å². The lowest BCUT2D eigenvalue weighted by molar-refractivity contribution is 0.0545. The number of para-hydroxylation sites is 1. The Morgan fingerprint density at radius 3 is 2.50 bits per heavy atom. The van der Waals surface area contributed by atoms with Crippen molar-refractivity contribution < 1.29 is 9.47 Å². The molecule has 2 aromatic rings. The molecule has 5 rings (SSSR count). The number of nitrogens with zero attached hydrogens (tertiary/aromatic N) is 3. The van der Waals surface area contributed by atoms with E-state index in [9.17, 15) is 0 Å². The van der Waals surface area contributed by atoms with Gasteiger partial charge in [0.05, 0.1) is 12.8 Å². The number of anilines is 1. The van der Waals surface area contributed by atoms with Crippen molar-refractivity contribution in [2.24, 2.45) is 17.8 Å². The molecule has 1 unspecified atom stereocenters. The molecule has 3 aliphatic rings. The minimum absolute atomic E-state index is 0.511. The Labute approximate surface area is 179 Å². The maximum Gasteiger partial charge on any atom is 0.148 e. The van der Waals surface area contributed by atoms with Gasteiger partial charge >= 0.3 is 0 Å². The summed E-state index contributed by atoms with van der Waals surface area (Å²) in [5.41, 5.74) is 1.81. The Kier molecular flexibility index (Phi) is 5.86. The first kappa shape index (κ1) is 19.8. The quantitative estimate of drug-likeness (QED) is 0.787. The lowest BCUT2D eigenvalue weighted by atomic mass is 10.00. The number of nitrogens with one attached hydrogen (secondary N) is 1. The van der Waals surface area contributed by atoms with Gasteiger partial charge in [0.2, 0.25) is 0 Å². The molecule has 1 N–H and O–H groups in total. The summed E-state index contributed by atoms with van der Waals surface area (Å²) in [5, 5.41) is 12.5. The number of fused-ring (bicyclic) bond motifs is 1. The predicted molar refractivity (Wildman–Crippen MR) is 118 cm³/mol. The zero-order valence-corrected chi connectivity index (χ0v) is 17.8. The molecule has 6 nitrogen and oxygen atoms in total. The van der Waals surface area contributed by atoms with Crippen LogP contribution in [0.5, 0.6) is 5.75 Å². The van der Waals surface area contributed by atoms with Crippen molar-refractivity contribution in [3.63, 3.8) is 0 Å². The van der Waals surface area contributed by atoms with Gasteiger partial charge in [0.1, 0.15) is 11.6 Å². The molecule has 0 bridgehead atoms. The first-order chi connectivity index (χ1) is 14.8. The summed E-state index contributed by atoms with van der Waals surface area (Å²) in [6, 6.07) is 12.5. The highest BCUT2D eigenvalue weighted by Gasteiger charge is 2.41. The fourth-order valence-electron chi connectivity index (χ4n) is 5.58. The summed E-state index contributed by atoms with van der Waals surface area (Å²) in [5.74, 6) is 4.17. The smallest absolute Gasteiger partial charge is 0.148 e. The van der Waals surface area contributed by atoms with Gasteiger partial charge in [0, 0.05) is 44.5 Å². The van der Waals surface area contributed by atoms with Crippen molar-refractivity contribution >= 4 is 5.82 Å². The van der Waals surface area contributed by atoms with Crippen LogP contribution < -0.4 is 10.1 Å². The Balaban J connectivity index is 1.14. The number of aromatic nitrogens is 2. The van der Waals surface area contributed by atoms with E-state index < -0.39 is 0 Å². The van der Waals surface area contributed by atoms with E-state index in [0.717, 1.165) is 53.8 Å². The second-order valence-corrected chi connectivity index (χ2v) is 9.11. The Hall–Kier alpha value is -2.18. The molecule has 0 spiro atoms. The fraction of sp³-hybridized carbons (Fsp3) is 0.583. The van der Waals surface area contributed by atoms with Gasteiger partial charge in [-0.05, 0) is 67.7 Å². The van der Waals surface area contributed by atoms with Gasteiger partial charge in [-0.3, -0.25) is 0 Å². The highest BCUT2D eigenvalue weighted by Crippen LogP contribution is 2.39. The van der Waals surface area contributed by atoms with Crippen molar-refractivity contribution in [2.75, 3.05) is 45.3 Å². The average Bonchev–Trinajstić information content (AvgIpc) is 3.33. The molecule has 3 heterocycles. The second kappa shape index (κ2) is 8.90. The number of methoxy groups -OCH3 is 1. The number of likely N-dealkylation sites (tertiary alicyclic amines) is 1. The molecular formula is C24H32N4O2. The number of rotatable bonds is 6. The minimum atomic E-state index is 0.511. The van der Waals surface area contributed by atoms with Crippen LogP contribution in [-0.4, -0.2) is 61.1 Å². The van der Waals surface area contributed by atoms with Crippen LogP contribution in [0.4, 0.5) is 5.82 Å². The van der Waals surface area contributed by atoms with Crippen molar-refractivity contribution in [2.45, 2.75) is 31.7 Å². The molecule has 0 amide bonds. The second-order valence-electron chi connectivity index (χ2n) is 9.11. The lowest BCUT2D eigenvalue weighted by Gasteiger charge is -2.27. The van der Waals surface area contributed by atoms with E-state index in [2.05, 4.69) is 20.4 Å². The van der Waals surface area contributed by atoms with Gasteiger partial charge < -0.3 is 19.7 Å². The molecule has 6 heteroatoms. The molecule has 160 valence electrons. The number of hydrogen-bond acceptors (Lipinski definition) is 6. The van der Waals surface area contributed by atoms with Crippen LogP contribution >= 0.6 is 0 Å². The molecule has 30 heavy (non-hydrogen) atoms. The number of benzene rings is 1. The van der Waals surface area contributed by atoms with E-state index in [1.807, 2.05) is 36.4 Å². The summed E-state index contributed by atoms with van der Waals surface area (Å²) in [6.45, 7) is 5.70. The van der Waals surface area contributed by atoms with Crippen molar-refractivity contribution in [3.05, 3.63) is 36.4 Å². The van der Waals surface area contributed by atoms with Crippen LogP contribution in [0.2, 0.25) is 0 Å². The molecular weight excluding hydrogens is 376 g/mol. The van der Waals surface area contributed by atoms with E-state index in [1.165, 1.54) is 45.3 Å². The first-order valence-corrected chi connectivity index (χ1v) is 11.3. The maximum atomic E-state index is 5.51. The predicted octanol–water partition coefficient (Wildman–Crippen LogP) is 3.70. The van der Waals surface area contributed by atoms with Gasteiger partial charge in [-0.1, -0.05) is 12.1 Å². The van der Waals surface area contributed by atoms with Gasteiger partial charge in [0.25, 0.3) is 0 Å². The summed E-state index contributed by atoms with van der Waals surface area (Å²) < 4.78 is 11.0. The highest BCUT2D eigenvalue weighted by molar-refractivity contribution is 5.67. The van der Waals surface area contributed by atoms with Gasteiger partial charge in [-0.25, -0.2) is 0 Å². The third kappa shape index (κ3) is 4.30. The average molecular weight is 409 g/mol. The monoisotopic (exact) mass is 408 g/mol. The molecule has 0 radical (unpaired) electrons. The summed E-state index contributed by atoms with van der Waals surface area (Å²) in [6.07, 6.45) is 4.95. The zero-order chi connectivity index (χ0) is 20.3. The molecule has 2 aliphatic heterocycles. The van der Waals surface area contributed by atoms with Crippen molar-refractivity contribution in [3.8, 4) is 17.0 Å². The van der Waals surface area contributed by atoms with Gasteiger partial charge in [-0.2, -0.15) is 0 Å². The lowest BCUT2D eigenvalue weighted by Crippen LogP contribution is -2.32. The van der Waals surface area contributed by atoms with Crippen LogP contribution in [0.25, 0.3) is 11.3 Å². The molecule has 1 saturated carbocycles. The van der Waals surface area contributed by atoms with E-state index in [4.69, 9.17) is 9.47 Å². The Morgan fingerprint density at radius 2 is 1.80 bits per heavy atom. The van der Waals surface area contributed by atoms with Gasteiger partial charge in [0.15, 0.2) is 0 Å². The standard InChI is InChI=1S/C24H32N4O2/c1-29-23-5-3-2-4-21(23)22-6-7-24(27-26-22)25-20-12-18-15-28(16-19(18)13-20)14-17-8-10-30-11-9-17/h2-7,17-20H,8-16H2,1H3,(H,25,27)/t18-,19+,20?. The third-order valence-corrected chi connectivity index (χ3v) is 7.08. The SMILES string of the molecule is COc1ccccc1-c1ccc(NC2C[C@@H]3CN(CC4CCOCC4)C[C@@H]3C2)nn1.